The van der Waals surface area contributed by atoms with Crippen LogP contribution in [0.4, 0.5) is 5.82 Å². The molecule has 0 aliphatic carbocycles. The third-order valence-corrected chi connectivity index (χ3v) is 2.40. The highest BCUT2D eigenvalue weighted by Gasteiger charge is 2.09. The van der Waals surface area contributed by atoms with Gasteiger partial charge in [-0.1, -0.05) is 0 Å². The van der Waals surface area contributed by atoms with Gasteiger partial charge >= 0.3 is 5.97 Å². The van der Waals surface area contributed by atoms with Gasteiger partial charge in [-0.05, 0) is 26.2 Å². The summed E-state index contributed by atoms with van der Waals surface area (Å²) in [6.45, 7) is 1.66. The first kappa shape index (κ1) is 12.3. The number of hydrogen-bond acceptors (Lipinski definition) is 5. The molecule has 0 aliphatic rings. The van der Waals surface area contributed by atoms with Crippen molar-refractivity contribution in [2.75, 3.05) is 32.5 Å². The average molecular weight is 249 g/mol. The Labute approximate surface area is 104 Å². The summed E-state index contributed by atoms with van der Waals surface area (Å²) in [7, 11) is 3.99. The number of carbonyl (C=O) groups is 1. The van der Waals surface area contributed by atoms with Gasteiger partial charge in [0.1, 0.15) is 5.82 Å². The molecule has 2 aromatic heterocycles. The van der Waals surface area contributed by atoms with Crippen molar-refractivity contribution in [1.29, 1.82) is 0 Å². The number of aromatic carboxylic acids is 1. The van der Waals surface area contributed by atoms with Gasteiger partial charge in [-0.2, -0.15) is 0 Å². The third-order valence-electron chi connectivity index (χ3n) is 2.40. The maximum absolute atomic E-state index is 10.8. The third kappa shape index (κ3) is 2.75. The first-order valence-electron chi connectivity index (χ1n) is 5.54. The van der Waals surface area contributed by atoms with Crippen molar-refractivity contribution in [2.24, 2.45) is 0 Å². The van der Waals surface area contributed by atoms with E-state index < -0.39 is 5.97 Å². The van der Waals surface area contributed by atoms with E-state index in [0.29, 0.717) is 11.5 Å². The predicted octanol–water partition coefficient (Wildman–Crippen LogP) is 0.401. The number of imidazole rings is 1. The number of rotatable bonds is 5. The Kier molecular flexibility index (Phi) is 3.42. The van der Waals surface area contributed by atoms with Crippen LogP contribution >= 0.6 is 0 Å². The lowest BCUT2D eigenvalue weighted by molar-refractivity contribution is 0.0691. The highest BCUT2D eigenvalue weighted by Crippen LogP contribution is 2.07. The first-order chi connectivity index (χ1) is 8.56. The molecule has 2 N–H and O–H groups in total. The van der Waals surface area contributed by atoms with Crippen LogP contribution in [-0.4, -0.2) is 57.8 Å². The van der Waals surface area contributed by atoms with E-state index in [1.54, 1.807) is 12.1 Å². The van der Waals surface area contributed by atoms with Crippen molar-refractivity contribution in [1.82, 2.24) is 19.5 Å². The second kappa shape index (κ2) is 5.01. The van der Waals surface area contributed by atoms with Crippen molar-refractivity contribution >= 4 is 17.4 Å². The van der Waals surface area contributed by atoms with E-state index in [9.17, 15) is 4.79 Å². The van der Waals surface area contributed by atoms with Crippen LogP contribution in [0.1, 0.15) is 10.5 Å². The minimum absolute atomic E-state index is 0.00654. The highest BCUT2D eigenvalue weighted by molar-refractivity contribution is 5.86. The van der Waals surface area contributed by atoms with Gasteiger partial charge in [0.15, 0.2) is 11.3 Å². The molecule has 2 rings (SSSR count). The lowest BCUT2D eigenvalue weighted by atomic mass is 10.5. The van der Waals surface area contributed by atoms with Gasteiger partial charge in [0.25, 0.3) is 0 Å². The summed E-state index contributed by atoms with van der Waals surface area (Å²) < 4.78 is 1.46. The van der Waals surface area contributed by atoms with Crippen LogP contribution < -0.4 is 5.32 Å². The SMILES string of the molecule is CN(C)CCNc1ccc2nc(C(=O)O)cn2n1. The Morgan fingerprint density at radius 3 is 2.94 bits per heavy atom. The Bertz CT molecular complexity index is 564. The smallest absolute Gasteiger partial charge is 0.356 e. The van der Waals surface area contributed by atoms with Crippen LogP contribution in [0.25, 0.3) is 5.65 Å². The Morgan fingerprint density at radius 1 is 1.50 bits per heavy atom. The molecule has 2 heterocycles. The normalized spacial score (nSPS) is 11.1. The Hall–Kier alpha value is -2.15. The van der Waals surface area contributed by atoms with Gasteiger partial charge < -0.3 is 15.3 Å². The number of carboxylic acid groups (broad SMARTS) is 1. The summed E-state index contributed by atoms with van der Waals surface area (Å²) in [5.74, 6) is -0.360. The number of nitrogens with one attached hydrogen (secondary N) is 1. The molecule has 0 fully saturated rings. The largest absolute Gasteiger partial charge is 0.476 e. The zero-order valence-corrected chi connectivity index (χ0v) is 10.3. The molecule has 0 saturated heterocycles. The minimum atomic E-state index is -1.05. The Balaban J connectivity index is 2.14. The number of anilines is 1. The second-order valence-corrected chi connectivity index (χ2v) is 4.18. The molecular formula is C11H15N5O2. The molecule has 0 aliphatic heterocycles. The summed E-state index contributed by atoms with van der Waals surface area (Å²) in [6, 6.07) is 3.51. The van der Waals surface area contributed by atoms with Gasteiger partial charge in [0.2, 0.25) is 0 Å². The lowest BCUT2D eigenvalue weighted by Crippen LogP contribution is -2.21. The zero-order valence-electron chi connectivity index (χ0n) is 10.3. The van der Waals surface area contributed by atoms with Crippen LogP contribution in [0.15, 0.2) is 18.3 Å². The van der Waals surface area contributed by atoms with E-state index in [0.717, 1.165) is 13.1 Å². The molecule has 0 spiro atoms. The minimum Gasteiger partial charge on any atom is -0.476 e. The second-order valence-electron chi connectivity index (χ2n) is 4.18. The molecule has 0 bridgehead atoms. The molecular weight excluding hydrogens is 234 g/mol. The van der Waals surface area contributed by atoms with Crippen LogP contribution in [0, 0.1) is 0 Å². The number of fused-ring (bicyclic) bond motifs is 1. The summed E-state index contributed by atoms with van der Waals surface area (Å²) in [5.41, 5.74) is 0.513. The quantitative estimate of drug-likeness (QED) is 0.798. The summed E-state index contributed by atoms with van der Waals surface area (Å²) in [4.78, 5) is 16.8. The molecule has 0 atom stereocenters. The van der Waals surface area contributed by atoms with Crippen molar-refractivity contribution in [3.05, 3.63) is 24.0 Å². The molecule has 18 heavy (non-hydrogen) atoms. The maximum Gasteiger partial charge on any atom is 0.356 e. The summed E-state index contributed by atoms with van der Waals surface area (Å²) >= 11 is 0. The number of likely N-dealkylation sites (N-methyl/N-ethyl adjacent to an activating group) is 1. The Morgan fingerprint density at radius 2 is 2.28 bits per heavy atom. The zero-order chi connectivity index (χ0) is 13.1. The topological polar surface area (TPSA) is 82.8 Å². The fraction of sp³-hybridized carbons (Fsp3) is 0.364. The molecule has 0 amide bonds. The number of nitrogens with zero attached hydrogens (tertiary/aromatic N) is 4. The molecule has 2 aromatic rings. The van der Waals surface area contributed by atoms with E-state index in [1.165, 1.54) is 10.7 Å². The highest BCUT2D eigenvalue weighted by atomic mass is 16.4. The molecule has 96 valence electrons. The van der Waals surface area contributed by atoms with Gasteiger partial charge in [-0.25, -0.2) is 14.3 Å². The van der Waals surface area contributed by atoms with E-state index in [-0.39, 0.29) is 5.69 Å². The summed E-state index contributed by atoms with van der Waals surface area (Å²) in [6.07, 6.45) is 1.40. The van der Waals surface area contributed by atoms with E-state index in [1.807, 2.05) is 14.1 Å². The molecule has 0 aromatic carbocycles. The van der Waals surface area contributed by atoms with E-state index in [4.69, 9.17) is 5.11 Å². The monoisotopic (exact) mass is 249 g/mol. The molecule has 0 radical (unpaired) electrons. The van der Waals surface area contributed by atoms with Gasteiger partial charge in [0, 0.05) is 13.1 Å². The van der Waals surface area contributed by atoms with Crippen LogP contribution in [-0.2, 0) is 0 Å². The van der Waals surface area contributed by atoms with Crippen molar-refractivity contribution in [2.45, 2.75) is 0 Å². The predicted molar refractivity (Wildman–Crippen MR) is 67.0 cm³/mol. The van der Waals surface area contributed by atoms with Crippen LogP contribution in [0.3, 0.4) is 0 Å². The fourth-order valence-electron chi connectivity index (χ4n) is 1.49. The molecule has 0 saturated carbocycles. The lowest BCUT2D eigenvalue weighted by Gasteiger charge is -2.10. The fourth-order valence-corrected chi connectivity index (χ4v) is 1.49. The van der Waals surface area contributed by atoms with Crippen molar-refractivity contribution in [3.8, 4) is 0 Å². The van der Waals surface area contributed by atoms with Gasteiger partial charge in [0.05, 0.1) is 6.20 Å². The first-order valence-corrected chi connectivity index (χ1v) is 5.54. The van der Waals surface area contributed by atoms with Crippen LogP contribution in [0.2, 0.25) is 0 Å². The summed E-state index contributed by atoms with van der Waals surface area (Å²) in [5, 5.41) is 16.2. The number of carboxylic acids is 1. The molecule has 0 unspecified atom stereocenters. The average Bonchev–Trinajstić information content (AvgIpc) is 2.71. The standard InChI is InChI=1S/C11H15N5O2/c1-15(2)6-5-12-9-3-4-10-13-8(11(17)18)7-16(10)14-9/h3-4,7H,5-6H2,1-2H3,(H,12,14)(H,17,18). The number of hydrogen-bond donors (Lipinski definition) is 2. The van der Waals surface area contributed by atoms with Crippen LogP contribution in [0.5, 0.6) is 0 Å². The van der Waals surface area contributed by atoms with E-state index >= 15 is 0 Å². The van der Waals surface area contributed by atoms with Crippen molar-refractivity contribution < 1.29 is 9.90 Å². The molecule has 7 heteroatoms. The van der Waals surface area contributed by atoms with Gasteiger partial charge in [-0.15, -0.1) is 5.10 Å². The van der Waals surface area contributed by atoms with E-state index in [2.05, 4.69) is 20.3 Å². The number of aromatic nitrogens is 3. The molecule has 7 nitrogen and oxygen atoms in total. The van der Waals surface area contributed by atoms with Gasteiger partial charge in [-0.3, -0.25) is 0 Å². The maximum atomic E-state index is 10.8. The van der Waals surface area contributed by atoms with Crippen molar-refractivity contribution in [3.63, 3.8) is 0 Å².